The topological polar surface area (TPSA) is 47.9 Å². The Morgan fingerprint density at radius 3 is 2.71 bits per heavy atom. The second-order valence-corrected chi connectivity index (χ2v) is 7.92. The van der Waals surface area contributed by atoms with E-state index < -0.39 is 0 Å². The second-order valence-electron chi connectivity index (χ2n) is 7.11. The Morgan fingerprint density at radius 2 is 1.93 bits per heavy atom. The van der Waals surface area contributed by atoms with Crippen molar-refractivity contribution in [1.29, 1.82) is 0 Å². The van der Waals surface area contributed by atoms with Crippen molar-refractivity contribution in [2.45, 2.75) is 25.3 Å². The summed E-state index contributed by atoms with van der Waals surface area (Å²) >= 11 is 12.1. The molecule has 28 heavy (non-hydrogen) atoms. The van der Waals surface area contributed by atoms with Crippen LogP contribution in [-0.2, 0) is 4.79 Å². The zero-order valence-electron chi connectivity index (χ0n) is 15.4. The Morgan fingerprint density at radius 1 is 1.11 bits per heavy atom. The summed E-state index contributed by atoms with van der Waals surface area (Å²) < 4.78 is 0. The van der Waals surface area contributed by atoms with Gasteiger partial charge in [-0.05, 0) is 43.1 Å². The van der Waals surface area contributed by atoms with Gasteiger partial charge in [-0.1, -0.05) is 53.5 Å². The van der Waals surface area contributed by atoms with Gasteiger partial charge >= 0.3 is 0 Å². The molecule has 146 valence electrons. The van der Waals surface area contributed by atoms with Crippen molar-refractivity contribution in [2.24, 2.45) is 5.10 Å². The van der Waals surface area contributed by atoms with Gasteiger partial charge < -0.3 is 5.32 Å². The Balaban J connectivity index is 1.36. The predicted molar refractivity (Wildman–Crippen MR) is 114 cm³/mol. The van der Waals surface area contributed by atoms with Crippen LogP contribution in [0.2, 0.25) is 10.0 Å². The summed E-state index contributed by atoms with van der Waals surface area (Å²) in [4.78, 5) is 14.8. The lowest BCUT2D eigenvalue weighted by atomic mass is 10.0. The highest BCUT2D eigenvalue weighted by Gasteiger charge is 2.28. The number of nitrogens with one attached hydrogen (secondary N) is 1. The molecule has 1 atom stereocenters. The van der Waals surface area contributed by atoms with Gasteiger partial charge in [0.25, 0.3) is 0 Å². The average molecular weight is 417 g/mol. The standard InChI is InChI=1S/C21H22Cl2N4O/c22-17-9-8-16(13-18(17)23)27-12-10-20(25-27)24-21(28)14-26-11-4-7-19(26)15-5-2-1-3-6-15/h1-3,5-6,8-9,13,19H,4,7,10-12,14H2,(H,24,25,28)/t19-/m0/s1. The lowest BCUT2D eigenvalue weighted by Gasteiger charge is -2.24. The number of carbonyl (C=O) groups is 1. The number of nitrogens with zero attached hydrogens (tertiary/aromatic N) is 3. The number of carbonyl (C=O) groups excluding carboxylic acids is 1. The maximum atomic E-state index is 12.6. The van der Waals surface area contributed by atoms with Gasteiger partial charge in [0.1, 0.15) is 5.84 Å². The van der Waals surface area contributed by atoms with Gasteiger partial charge in [-0.2, -0.15) is 5.10 Å². The number of amidine groups is 1. The van der Waals surface area contributed by atoms with E-state index in [1.165, 1.54) is 5.56 Å². The third-order valence-corrected chi connectivity index (χ3v) is 5.92. The van der Waals surface area contributed by atoms with Crippen molar-refractivity contribution in [3.05, 3.63) is 64.1 Å². The van der Waals surface area contributed by atoms with Crippen molar-refractivity contribution in [3.63, 3.8) is 0 Å². The zero-order valence-corrected chi connectivity index (χ0v) is 17.0. The molecule has 2 aromatic carbocycles. The van der Waals surface area contributed by atoms with Gasteiger partial charge in [-0.25, -0.2) is 0 Å². The molecule has 2 aliphatic rings. The summed E-state index contributed by atoms with van der Waals surface area (Å²) in [5.74, 6) is 0.670. The Labute approximate surface area is 174 Å². The number of anilines is 1. The highest BCUT2D eigenvalue weighted by molar-refractivity contribution is 6.42. The van der Waals surface area contributed by atoms with Crippen molar-refractivity contribution in [3.8, 4) is 0 Å². The van der Waals surface area contributed by atoms with E-state index >= 15 is 0 Å². The van der Waals surface area contributed by atoms with Crippen LogP contribution in [-0.4, -0.2) is 36.3 Å². The first-order valence-electron chi connectivity index (χ1n) is 9.49. The molecule has 0 saturated carbocycles. The smallest absolute Gasteiger partial charge is 0.239 e. The third-order valence-electron chi connectivity index (χ3n) is 5.18. The SMILES string of the molecule is O=C(CN1CCC[C@H]1c1ccccc1)NC1=NN(c2ccc(Cl)c(Cl)c2)CC1. The third kappa shape index (κ3) is 4.32. The predicted octanol–water partition coefficient (Wildman–Crippen LogP) is 4.47. The first-order valence-corrected chi connectivity index (χ1v) is 10.2. The second kappa shape index (κ2) is 8.52. The van der Waals surface area contributed by atoms with Crippen LogP contribution in [0.3, 0.4) is 0 Å². The van der Waals surface area contributed by atoms with Gasteiger partial charge in [0.15, 0.2) is 0 Å². The lowest BCUT2D eigenvalue weighted by molar-refractivity contribution is -0.121. The monoisotopic (exact) mass is 416 g/mol. The van der Waals surface area contributed by atoms with Crippen molar-refractivity contribution in [1.82, 2.24) is 10.2 Å². The van der Waals surface area contributed by atoms with Gasteiger partial charge in [-0.15, -0.1) is 0 Å². The normalized spacial score (nSPS) is 19.7. The molecule has 2 aliphatic heterocycles. The van der Waals surface area contributed by atoms with Crippen LogP contribution in [0.5, 0.6) is 0 Å². The minimum absolute atomic E-state index is 0.0161. The van der Waals surface area contributed by atoms with E-state index in [2.05, 4.69) is 39.6 Å². The van der Waals surface area contributed by atoms with Gasteiger partial charge in [-0.3, -0.25) is 14.7 Å². The van der Waals surface area contributed by atoms with E-state index in [-0.39, 0.29) is 5.91 Å². The minimum Gasteiger partial charge on any atom is -0.312 e. The molecule has 0 spiro atoms. The van der Waals surface area contributed by atoms with Crippen LogP contribution < -0.4 is 10.3 Å². The van der Waals surface area contributed by atoms with Crippen LogP contribution in [0.25, 0.3) is 0 Å². The van der Waals surface area contributed by atoms with E-state index in [1.807, 2.05) is 17.1 Å². The molecule has 2 aromatic rings. The quantitative estimate of drug-likeness (QED) is 0.799. The number of rotatable bonds is 4. The summed E-state index contributed by atoms with van der Waals surface area (Å²) in [5.41, 5.74) is 2.14. The molecule has 1 fully saturated rings. The van der Waals surface area contributed by atoms with E-state index in [9.17, 15) is 4.79 Å². The molecule has 0 aliphatic carbocycles. The molecule has 1 saturated heterocycles. The molecule has 0 aromatic heterocycles. The van der Waals surface area contributed by atoms with E-state index in [0.29, 0.717) is 41.4 Å². The number of halogens is 2. The average Bonchev–Trinajstić information content (AvgIpc) is 3.34. The molecular weight excluding hydrogens is 395 g/mol. The maximum Gasteiger partial charge on any atom is 0.239 e. The van der Waals surface area contributed by atoms with E-state index in [1.54, 1.807) is 12.1 Å². The van der Waals surface area contributed by atoms with Crippen LogP contribution in [0.15, 0.2) is 53.6 Å². The summed E-state index contributed by atoms with van der Waals surface area (Å²) in [6.07, 6.45) is 2.89. The number of benzene rings is 2. The maximum absolute atomic E-state index is 12.6. The molecule has 1 N–H and O–H groups in total. The van der Waals surface area contributed by atoms with E-state index in [0.717, 1.165) is 25.1 Å². The summed E-state index contributed by atoms with van der Waals surface area (Å²) in [6, 6.07) is 16.1. The number of likely N-dealkylation sites (tertiary alicyclic amines) is 1. The first-order chi connectivity index (χ1) is 13.6. The first kappa shape index (κ1) is 19.2. The highest BCUT2D eigenvalue weighted by Crippen LogP contribution is 2.31. The van der Waals surface area contributed by atoms with Crippen LogP contribution >= 0.6 is 23.2 Å². The van der Waals surface area contributed by atoms with Crippen molar-refractivity contribution >= 4 is 40.6 Å². The minimum atomic E-state index is -0.0161. The molecule has 4 rings (SSSR count). The van der Waals surface area contributed by atoms with Gasteiger partial charge in [0.2, 0.25) is 5.91 Å². The Bertz CT molecular complexity index is 887. The molecule has 1 amide bonds. The largest absolute Gasteiger partial charge is 0.312 e. The number of amides is 1. The fraction of sp³-hybridized carbons (Fsp3) is 0.333. The Hall–Kier alpha value is -2.08. The highest BCUT2D eigenvalue weighted by atomic mass is 35.5. The molecule has 7 heteroatoms. The zero-order chi connectivity index (χ0) is 19.5. The number of hydrogen-bond acceptors (Lipinski definition) is 4. The fourth-order valence-corrected chi connectivity index (χ4v) is 4.12. The fourth-order valence-electron chi connectivity index (χ4n) is 3.83. The van der Waals surface area contributed by atoms with E-state index in [4.69, 9.17) is 23.2 Å². The molecule has 2 heterocycles. The number of hydrogen-bond donors (Lipinski definition) is 1. The van der Waals surface area contributed by atoms with Crippen molar-refractivity contribution < 1.29 is 4.79 Å². The van der Waals surface area contributed by atoms with Crippen molar-refractivity contribution in [2.75, 3.05) is 24.6 Å². The Kier molecular flexibility index (Phi) is 5.85. The summed E-state index contributed by atoms with van der Waals surface area (Å²) in [6.45, 7) is 2.02. The van der Waals surface area contributed by atoms with Gasteiger partial charge in [0.05, 0.1) is 22.3 Å². The molecule has 0 unspecified atom stereocenters. The summed E-state index contributed by atoms with van der Waals surface area (Å²) in [5, 5.41) is 10.3. The van der Waals surface area contributed by atoms with Gasteiger partial charge in [0, 0.05) is 19.0 Å². The molecule has 0 bridgehead atoms. The van der Waals surface area contributed by atoms with Crippen LogP contribution in [0.4, 0.5) is 5.69 Å². The van der Waals surface area contributed by atoms with Crippen LogP contribution in [0.1, 0.15) is 30.9 Å². The number of hydrazone groups is 1. The molecule has 5 nitrogen and oxygen atoms in total. The lowest BCUT2D eigenvalue weighted by Crippen LogP contribution is -2.39. The summed E-state index contributed by atoms with van der Waals surface area (Å²) in [7, 11) is 0. The van der Waals surface area contributed by atoms with Crippen LogP contribution in [0, 0.1) is 0 Å². The molecule has 0 radical (unpaired) electrons. The molecular formula is C21H22Cl2N4O.